The van der Waals surface area contributed by atoms with Crippen LogP contribution < -0.4 is 10.2 Å². The van der Waals surface area contributed by atoms with Crippen LogP contribution >= 0.6 is 0 Å². The molecule has 10 heteroatoms. The molecule has 0 aromatic carbocycles. The molecule has 2 unspecified atom stereocenters. The normalized spacial score (nSPS) is 31.5. The number of piperazine rings is 1. The van der Waals surface area contributed by atoms with E-state index in [1.165, 1.54) is 11.1 Å². The number of aliphatic carboxylic acids is 2. The summed E-state index contributed by atoms with van der Waals surface area (Å²) in [6.45, 7) is 14.1. The number of rotatable bonds is 8. The number of carboxylic acid groups (broad SMARTS) is 2. The molecule has 47 heavy (non-hydrogen) atoms. The van der Waals surface area contributed by atoms with Gasteiger partial charge < -0.3 is 20.4 Å². The van der Waals surface area contributed by atoms with Gasteiger partial charge in [-0.05, 0) is 87.0 Å². The Morgan fingerprint density at radius 2 is 1.81 bits per heavy atom. The maximum Gasteiger partial charge on any atom is 0.328 e. The molecule has 4 aliphatic carbocycles. The third-order valence-corrected chi connectivity index (χ3v) is 11.2. The summed E-state index contributed by atoms with van der Waals surface area (Å²) in [5, 5.41) is 19.1. The maximum absolute atomic E-state index is 14.0. The number of allylic oxidation sites excluding steroid dienone is 6. The van der Waals surface area contributed by atoms with Crippen LogP contribution in [0, 0.1) is 34.5 Å². The van der Waals surface area contributed by atoms with E-state index in [2.05, 4.69) is 66.0 Å². The van der Waals surface area contributed by atoms with Gasteiger partial charge in [0, 0.05) is 62.4 Å². The molecule has 0 amide bonds. The first-order chi connectivity index (χ1) is 22.4. The monoisotopic (exact) mass is 644 g/mol. The lowest BCUT2D eigenvalue weighted by Crippen LogP contribution is -2.51. The summed E-state index contributed by atoms with van der Waals surface area (Å²) in [5.74, 6) is 0.642. The highest BCUT2D eigenvalue weighted by Gasteiger charge is 2.59. The van der Waals surface area contributed by atoms with Crippen LogP contribution in [0.4, 0.5) is 11.5 Å². The molecule has 10 nitrogen and oxygen atoms in total. The van der Waals surface area contributed by atoms with E-state index in [0.29, 0.717) is 42.2 Å². The molecule has 0 spiro atoms. The Hall–Kier alpha value is -4.05. The molecule has 5 aliphatic rings. The number of hydrogen-bond donors (Lipinski definition) is 3. The zero-order chi connectivity index (χ0) is 33.9. The molecule has 1 saturated heterocycles. The number of anilines is 2. The summed E-state index contributed by atoms with van der Waals surface area (Å²) in [6, 6.07) is 4.07. The quantitative estimate of drug-likeness (QED) is 0.261. The third kappa shape index (κ3) is 6.98. The molecular weight excluding hydrogens is 596 g/mol. The number of nitrogens with one attached hydrogen (secondary N) is 1. The lowest BCUT2D eigenvalue weighted by molar-refractivity contribution is -0.134. The summed E-state index contributed by atoms with van der Waals surface area (Å²) in [5.41, 5.74) is 3.77. The fourth-order valence-corrected chi connectivity index (χ4v) is 9.13. The van der Waals surface area contributed by atoms with E-state index in [9.17, 15) is 19.2 Å². The van der Waals surface area contributed by atoms with E-state index < -0.39 is 11.9 Å². The third-order valence-electron chi connectivity index (χ3n) is 11.2. The van der Waals surface area contributed by atoms with Gasteiger partial charge in [0.2, 0.25) is 0 Å². The second-order valence-electron chi connectivity index (χ2n) is 14.1. The van der Waals surface area contributed by atoms with Crippen LogP contribution in [0.25, 0.3) is 0 Å². The molecule has 6 rings (SSSR count). The van der Waals surface area contributed by atoms with Gasteiger partial charge in [0.05, 0.1) is 12.2 Å². The van der Waals surface area contributed by atoms with Crippen LogP contribution in [-0.4, -0.2) is 82.9 Å². The lowest BCUT2D eigenvalue weighted by Gasteiger charge is -2.52. The molecule has 1 aromatic heterocycles. The van der Waals surface area contributed by atoms with Crippen molar-refractivity contribution in [3.05, 3.63) is 65.9 Å². The van der Waals surface area contributed by atoms with E-state index in [1.807, 2.05) is 18.3 Å². The molecule has 1 aliphatic heterocycles. The van der Waals surface area contributed by atoms with Crippen LogP contribution in [0.15, 0.2) is 65.9 Å². The Balaban J connectivity index is 0.000000483. The molecular formula is C37H48N4O6. The number of carboxylic acids is 2. The van der Waals surface area contributed by atoms with Crippen LogP contribution in [0.5, 0.6) is 0 Å². The Kier molecular flexibility index (Phi) is 10.2. The van der Waals surface area contributed by atoms with Gasteiger partial charge in [-0.15, -0.1) is 0 Å². The van der Waals surface area contributed by atoms with Gasteiger partial charge in [-0.1, -0.05) is 37.1 Å². The smallest absolute Gasteiger partial charge is 0.328 e. The second kappa shape index (κ2) is 14.0. The van der Waals surface area contributed by atoms with Crippen LogP contribution in [0.2, 0.25) is 0 Å². The van der Waals surface area contributed by atoms with Gasteiger partial charge in [-0.25, -0.2) is 14.6 Å². The van der Waals surface area contributed by atoms with Gasteiger partial charge in [-0.2, -0.15) is 0 Å². The van der Waals surface area contributed by atoms with Crippen molar-refractivity contribution in [1.82, 2.24) is 9.88 Å². The minimum atomic E-state index is -1.26. The number of carbonyl (C=O) groups is 4. The molecule has 0 bridgehead atoms. The van der Waals surface area contributed by atoms with Crippen LogP contribution in [-0.2, 0) is 19.2 Å². The number of Topliss-reactive ketones (excluding diaryl/α,β-unsaturated/α-hetero) is 1. The second-order valence-corrected chi connectivity index (χ2v) is 14.1. The van der Waals surface area contributed by atoms with E-state index in [1.54, 1.807) is 6.08 Å². The molecule has 2 saturated carbocycles. The molecule has 3 fully saturated rings. The molecule has 3 N–H and O–H groups in total. The molecule has 0 radical (unpaired) electrons. The summed E-state index contributed by atoms with van der Waals surface area (Å²) in [7, 11) is 0. The van der Waals surface area contributed by atoms with Gasteiger partial charge in [0.25, 0.3) is 0 Å². The number of carbonyl (C=O) groups excluding carboxylic acids is 2. The first kappa shape index (κ1) is 34.3. The highest BCUT2D eigenvalue weighted by molar-refractivity contribution is 6.01. The predicted octanol–water partition coefficient (Wildman–Crippen LogP) is 5.01. The Bertz CT molecular complexity index is 1510. The Morgan fingerprint density at radius 3 is 2.47 bits per heavy atom. The zero-order valence-electron chi connectivity index (χ0n) is 27.9. The lowest BCUT2D eigenvalue weighted by atomic mass is 9.52. The van der Waals surface area contributed by atoms with Crippen molar-refractivity contribution in [1.29, 1.82) is 0 Å². The number of aromatic nitrogens is 1. The van der Waals surface area contributed by atoms with Crippen molar-refractivity contribution in [2.45, 2.75) is 53.4 Å². The highest BCUT2D eigenvalue weighted by atomic mass is 16.4. The Labute approximate surface area is 277 Å². The molecule has 252 valence electrons. The van der Waals surface area contributed by atoms with E-state index in [-0.39, 0.29) is 22.5 Å². The van der Waals surface area contributed by atoms with Crippen molar-refractivity contribution in [3.8, 4) is 0 Å². The maximum atomic E-state index is 14.0. The first-order valence-corrected chi connectivity index (χ1v) is 16.8. The Morgan fingerprint density at radius 1 is 1.11 bits per heavy atom. The van der Waals surface area contributed by atoms with Crippen molar-refractivity contribution < 1.29 is 29.4 Å². The van der Waals surface area contributed by atoms with Crippen LogP contribution in [0.1, 0.15) is 53.4 Å². The zero-order valence-corrected chi connectivity index (χ0v) is 27.9. The van der Waals surface area contributed by atoms with Crippen molar-refractivity contribution >= 4 is 35.0 Å². The summed E-state index contributed by atoms with van der Waals surface area (Å²) < 4.78 is 0. The van der Waals surface area contributed by atoms with Crippen molar-refractivity contribution in [3.63, 3.8) is 0 Å². The van der Waals surface area contributed by atoms with Gasteiger partial charge in [0.15, 0.2) is 17.4 Å². The fourth-order valence-electron chi connectivity index (χ4n) is 9.13. The topological polar surface area (TPSA) is 140 Å². The minimum absolute atomic E-state index is 0.0208. The standard InChI is InChI=1S/C33H44N4O2.C4H4O4/c1-5-34-28-7-6-14-35-31(28)37-17-15-36(16-18-37)21-29(39)30-22(2)19-27-25-9-8-23-20-24(38)10-12-32(23,3)26(25)11-13-33(27,30)4;5-3(6)1-2-4(7)8/h6-7,10-12,14,20,22,25,27,30,34H,5,8-9,13,15-19,21H2,1-4H3;1-2H,(H,5,6)(H,7,8)/b;2-1+/t22-,25?,27?,30-,32+,33+;/m1./s1. The predicted molar refractivity (Wildman–Crippen MR) is 181 cm³/mol. The number of pyridine rings is 1. The van der Waals surface area contributed by atoms with Gasteiger partial charge in [-0.3, -0.25) is 14.5 Å². The average molecular weight is 645 g/mol. The number of nitrogens with zero attached hydrogens (tertiary/aromatic N) is 3. The summed E-state index contributed by atoms with van der Waals surface area (Å²) >= 11 is 0. The fraction of sp³-hybridized carbons (Fsp3) is 0.541. The first-order valence-electron chi connectivity index (χ1n) is 16.8. The number of ketones is 2. The van der Waals surface area contributed by atoms with Crippen molar-refractivity contribution in [2.75, 3.05) is 49.5 Å². The number of hydrogen-bond acceptors (Lipinski definition) is 8. The van der Waals surface area contributed by atoms with Crippen LogP contribution in [0.3, 0.4) is 0 Å². The molecule has 2 heterocycles. The number of fused-ring (bicyclic) bond motifs is 5. The molecule has 6 atom stereocenters. The van der Waals surface area contributed by atoms with E-state index >= 15 is 0 Å². The average Bonchev–Trinajstić information content (AvgIpc) is 3.31. The SMILES string of the molecule is CCNc1cccnc1N1CCN(CC(=O)[C@H]2[C@H](C)CC3C4CCC5=CC(=O)C=C[C@]5(C)C4=CC[C@@]32C)CC1.O=C(O)/C=C/C(=O)O. The van der Waals surface area contributed by atoms with E-state index in [0.717, 1.165) is 69.9 Å². The highest BCUT2D eigenvalue weighted by Crippen LogP contribution is 2.65. The van der Waals surface area contributed by atoms with Crippen molar-refractivity contribution in [2.24, 2.45) is 34.5 Å². The van der Waals surface area contributed by atoms with Gasteiger partial charge in [0.1, 0.15) is 0 Å². The molecule has 1 aromatic rings. The van der Waals surface area contributed by atoms with E-state index in [4.69, 9.17) is 10.2 Å². The minimum Gasteiger partial charge on any atom is -0.478 e. The largest absolute Gasteiger partial charge is 0.478 e. The summed E-state index contributed by atoms with van der Waals surface area (Å²) in [6.07, 6.45) is 15.4. The van der Waals surface area contributed by atoms with Gasteiger partial charge >= 0.3 is 11.9 Å². The summed E-state index contributed by atoms with van der Waals surface area (Å²) in [4.78, 5) is 54.6.